The lowest BCUT2D eigenvalue weighted by Crippen LogP contribution is -2.31. The van der Waals surface area contributed by atoms with Crippen molar-refractivity contribution in [1.82, 2.24) is 5.43 Å². The van der Waals surface area contributed by atoms with E-state index in [9.17, 15) is 0 Å². The molecule has 17 heavy (non-hydrogen) atoms. The lowest BCUT2D eigenvalue weighted by atomic mass is 10.1. The molecule has 3 heteroatoms. The monoisotopic (exact) mass is 225 g/mol. The molecule has 0 aliphatic heterocycles. The summed E-state index contributed by atoms with van der Waals surface area (Å²) in [6.07, 6.45) is 0.701. The first-order valence-electron chi connectivity index (χ1n) is 5.51. The van der Waals surface area contributed by atoms with Crippen LogP contribution in [0.25, 0.3) is 0 Å². The Labute approximate surface area is 101 Å². The van der Waals surface area contributed by atoms with Gasteiger partial charge in [-0.05, 0) is 17.7 Å². The molecule has 3 nitrogen and oxygen atoms in total. The van der Waals surface area contributed by atoms with E-state index in [-0.39, 0.29) is 0 Å². The van der Waals surface area contributed by atoms with E-state index >= 15 is 0 Å². The van der Waals surface area contributed by atoms with Crippen molar-refractivity contribution < 1.29 is 0 Å². The van der Waals surface area contributed by atoms with Gasteiger partial charge in [0.2, 0.25) is 0 Å². The molecule has 0 heterocycles. The normalized spacial score (nSPS) is 11.2. The zero-order valence-electron chi connectivity index (χ0n) is 9.51. The number of nitrogens with one attached hydrogen (secondary N) is 1. The maximum absolute atomic E-state index is 5.49. The molecular formula is C14H15N3. The Morgan fingerprint density at radius 1 is 0.941 bits per heavy atom. The first-order chi connectivity index (χ1) is 8.38. The van der Waals surface area contributed by atoms with Crippen LogP contribution in [0, 0.1) is 0 Å². The van der Waals surface area contributed by atoms with Crippen LogP contribution in [0.1, 0.15) is 5.56 Å². The fourth-order valence-corrected chi connectivity index (χ4v) is 1.57. The minimum atomic E-state index is 0.701. The first kappa shape index (κ1) is 11.4. The molecule has 0 saturated heterocycles. The van der Waals surface area contributed by atoms with Gasteiger partial charge in [-0.3, -0.25) is 0 Å². The average Bonchev–Trinajstić information content (AvgIpc) is 2.40. The van der Waals surface area contributed by atoms with Gasteiger partial charge in [-0.1, -0.05) is 48.5 Å². The number of nitrogens with zero attached hydrogens (tertiary/aromatic N) is 1. The summed E-state index contributed by atoms with van der Waals surface area (Å²) < 4.78 is 0. The molecule has 0 bridgehead atoms. The highest BCUT2D eigenvalue weighted by atomic mass is 15.2. The van der Waals surface area contributed by atoms with Crippen molar-refractivity contribution in [3.8, 4) is 0 Å². The van der Waals surface area contributed by atoms with Crippen molar-refractivity contribution in [2.24, 2.45) is 10.8 Å². The van der Waals surface area contributed by atoms with Gasteiger partial charge in [0.25, 0.3) is 0 Å². The van der Waals surface area contributed by atoms with Gasteiger partial charge in [0.15, 0.2) is 0 Å². The number of aliphatic imine (C=N–C) groups is 1. The third kappa shape index (κ3) is 3.43. The van der Waals surface area contributed by atoms with Crippen LogP contribution in [0.3, 0.4) is 0 Å². The second kappa shape index (κ2) is 5.82. The molecule has 0 aliphatic carbocycles. The van der Waals surface area contributed by atoms with Crippen LogP contribution in [0.15, 0.2) is 65.7 Å². The Morgan fingerprint density at radius 3 is 2.12 bits per heavy atom. The molecule has 0 aromatic heterocycles. The fourth-order valence-electron chi connectivity index (χ4n) is 1.57. The molecule has 0 amide bonds. The molecule has 0 unspecified atom stereocenters. The number of nitrogens with two attached hydrogens (primary N) is 1. The van der Waals surface area contributed by atoms with Crippen LogP contribution < -0.4 is 11.3 Å². The number of rotatable bonds is 3. The van der Waals surface area contributed by atoms with Gasteiger partial charge in [0.05, 0.1) is 5.69 Å². The molecule has 0 aliphatic rings. The Bertz CT molecular complexity index is 477. The predicted octanol–water partition coefficient (Wildman–Crippen LogP) is 2.42. The summed E-state index contributed by atoms with van der Waals surface area (Å²) in [4.78, 5) is 4.45. The third-order valence-electron chi connectivity index (χ3n) is 2.40. The van der Waals surface area contributed by atoms with Crippen LogP contribution in [-0.4, -0.2) is 5.84 Å². The Balaban J connectivity index is 2.15. The molecule has 3 N–H and O–H groups in total. The highest BCUT2D eigenvalue weighted by Gasteiger charge is 1.99. The summed E-state index contributed by atoms with van der Waals surface area (Å²) in [6, 6.07) is 19.9. The van der Waals surface area contributed by atoms with Crippen molar-refractivity contribution in [3.63, 3.8) is 0 Å². The van der Waals surface area contributed by atoms with E-state index in [2.05, 4.69) is 22.6 Å². The zero-order chi connectivity index (χ0) is 11.9. The van der Waals surface area contributed by atoms with Gasteiger partial charge in [0, 0.05) is 6.42 Å². The SMILES string of the molecule is NNC(Cc1ccccc1)=Nc1ccccc1. The number of hydrogen-bond donors (Lipinski definition) is 2. The van der Waals surface area contributed by atoms with E-state index in [0.717, 1.165) is 11.5 Å². The largest absolute Gasteiger partial charge is 0.312 e. The van der Waals surface area contributed by atoms with E-state index < -0.39 is 0 Å². The van der Waals surface area contributed by atoms with Crippen LogP contribution in [0.2, 0.25) is 0 Å². The van der Waals surface area contributed by atoms with Crippen molar-refractivity contribution in [2.45, 2.75) is 6.42 Å². The highest BCUT2D eigenvalue weighted by molar-refractivity contribution is 5.86. The molecule has 0 fully saturated rings. The van der Waals surface area contributed by atoms with E-state index in [0.29, 0.717) is 6.42 Å². The van der Waals surface area contributed by atoms with Crippen molar-refractivity contribution in [1.29, 1.82) is 0 Å². The van der Waals surface area contributed by atoms with Crippen LogP contribution in [-0.2, 0) is 6.42 Å². The first-order valence-corrected chi connectivity index (χ1v) is 5.51. The van der Waals surface area contributed by atoms with Crippen LogP contribution in [0.4, 0.5) is 5.69 Å². The number of benzene rings is 2. The standard InChI is InChI=1S/C14H15N3/c15-17-14(11-12-7-3-1-4-8-12)16-13-9-5-2-6-10-13/h1-10H,11,15H2,(H,16,17). The summed E-state index contributed by atoms with van der Waals surface area (Å²) in [7, 11) is 0. The van der Waals surface area contributed by atoms with Gasteiger partial charge >= 0.3 is 0 Å². The number of para-hydroxylation sites is 1. The Morgan fingerprint density at radius 2 is 1.53 bits per heavy atom. The minimum Gasteiger partial charge on any atom is -0.312 e. The number of amidine groups is 1. The van der Waals surface area contributed by atoms with Crippen molar-refractivity contribution >= 4 is 11.5 Å². The van der Waals surface area contributed by atoms with Crippen LogP contribution >= 0.6 is 0 Å². The number of hydrazine groups is 1. The van der Waals surface area contributed by atoms with E-state index in [1.54, 1.807) is 0 Å². The van der Waals surface area contributed by atoms with Crippen molar-refractivity contribution in [3.05, 3.63) is 66.2 Å². The van der Waals surface area contributed by atoms with Crippen LogP contribution in [0.5, 0.6) is 0 Å². The van der Waals surface area contributed by atoms with E-state index in [1.165, 1.54) is 5.56 Å². The summed E-state index contributed by atoms with van der Waals surface area (Å²) in [5, 5.41) is 0. The second-order valence-corrected chi connectivity index (χ2v) is 3.70. The average molecular weight is 225 g/mol. The smallest absolute Gasteiger partial charge is 0.121 e. The lowest BCUT2D eigenvalue weighted by molar-refractivity contribution is 0.988. The summed E-state index contributed by atoms with van der Waals surface area (Å²) in [6.45, 7) is 0. The minimum absolute atomic E-state index is 0.701. The Kier molecular flexibility index (Phi) is 3.89. The molecule has 2 aromatic rings. The molecule has 0 radical (unpaired) electrons. The number of hydrogen-bond acceptors (Lipinski definition) is 2. The molecule has 0 saturated carbocycles. The van der Waals surface area contributed by atoms with Gasteiger partial charge in [-0.2, -0.15) is 0 Å². The fraction of sp³-hybridized carbons (Fsp3) is 0.0714. The van der Waals surface area contributed by atoms with E-state index in [1.807, 2.05) is 48.5 Å². The van der Waals surface area contributed by atoms with Gasteiger partial charge in [-0.15, -0.1) is 0 Å². The molecule has 86 valence electrons. The highest BCUT2D eigenvalue weighted by Crippen LogP contribution is 2.10. The third-order valence-corrected chi connectivity index (χ3v) is 2.40. The van der Waals surface area contributed by atoms with Crippen molar-refractivity contribution in [2.75, 3.05) is 0 Å². The second-order valence-electron chi connectivity index (χ2n) is 3.70. The lowest BCUT2D eigenvalue weighted by Gasteiger charge is -2.05. The zero-order valence-corrected chi connectivity index (χ0v) is 9.51. The predicted molar refractivity (Wildman–Crippen MR) is 71.0 cm³/mol. The quantitative estimate of drug-likeness (QED) is 0.365. The Hall–Kier alpha value is -2.13. The van der Waals surface area contributed by atoms with E-state index in [4.69, 9.17) is 5.84 Å². The maximum Gasteiger partial charge on any atom is 0.121 e. The summed E-state index contributed by atoms with van der Waals surface area (Å²) in [5.41, 5.74) is 4.73. The van der Waals surface area contributed by atoms with Gasteiger partial charge < -0.3 is 5.43 Å². The summed E-state index contributed by atoms with van der Waals surface area (Å²) in [5.74, 6) is 6.24. The van der Waals surface area contributed by atoms with Gasteiger partial charge in [-0.25, -0.2) is 10.8 Å². The molecule has 0 spiro atoms. The summed E-state index contributed by atoms with van der Waals surface area (Å²) >= 11 is 0. The maximum atomic E-state index is 5.49. The molecule has 2 rings (SSSR count). The van der Waals surface area contributed by atoms with Gasteiger partial charge in [0.1, 0.15) is 5.84 Å². The molecular weight excluding hydrogens is 210 g/mol. The topological polar surface area (TPSA) is 50.4 Å². The molecule has 2 aromatic carbocycles. The molecule has 0 atom stereocenters.